The van der Waals surface area contributed by atoms with E-state index < -0.39 is 0 Å². The maximum absolute atomic E-state index is 11.5. The van der Waals surface area contributed by atoms with Crippen molar-refractivity contribution in [3.8, 4) is 0 Å². The Morgan fingerprint density at radius 1 is 1.31 bits per heavy atom. The molecule has 1 atom stereocenters. The van der Waals surface area contributed by atoms with Gasteiger partial charge in [-0.05, 0) is 31.4 Å². The van der Waals surface area contributed by atoms with E-state index in [1.54, 1.807) is 0 Å². The normalized spacial score (nSPS) is 23.9. The molecule has 0 bridgehead atoms. The molecule has 2 nitrogen and oxygen atoms in total. The number of piperidine rings is 1. The summed E-state index contributed by atoms with van der Waals surface area (Å²) in [6, 6.07) is 7.17. The summed E-state index contributed by atoms with van der Waals surface area (Å²) in [4.78, 5) is 13.9. The van der Waals surface area contributed by atoms with Gasteiger partial charge in [-0.15, -0.1) is 0 Å². The van der Waals surface area contributed by atoms with E-state index in [2.05, 4.69) is 30.0 Å². The smallest absolute Gasteiger partial charge is 0.136 e. The van der Waals surface area contributed by atoms with E-state index in [1.807, 2.05) is 0 Å². The van der Waals surface area contributed by atoms with Gasteiger partial charge in [-0.25, -0.2) is 0 Å². The zero-order valence-electron chi connectivity index (χ0n) is 9.70. The highest BCUT2D eigenvalue weighted by atomic mass is 16.1. The largest absolute Gasteiger partial charge is 0.367 e. The van der Waals surface area contributed by atoms with Crippen LogP contribution in [-0.4, -0.2) is 18.4 Å². The number of anilines is 1. The van der Waals surface area contributed by atoms with Gasteiger partial charge < -0.3 is 4.90 Å². The summed E-state index contributed by atoms with van der Waals surface area (Å²) in [5.74, 6) is 0.441. The number of Topliss-reactive ketones (excluding diaryl/α,β-unsaturated/α-hetero) is 1. The van der Waals surface area contributed by atoms with Gasteiger partial charge in [0, 0.05) is 31.1 Å². The molecule has 0 saturated carbocycles. The molecule has 2 aliphatic heterocycles. The molecule has 0 radical (unpaired) electrons. The fraction of sp³-hybridized carbons (Fsp3) is 0.500. The zero-order valence-corrected chi connectivity index (χ0v) is 9.70. The predicted octanol–water partition coefficient (Wildman–Crippen LogP) is 2.48. The van der Waals surface area contributed by atoms with Gasteiger partial charge in [0.1, 0.15) is 5.78 Å². The quantitative estimate of drug-likeness (QED) is 0.662. The van der Waals surface area contributed by atoms with Crippen molar-refractivity contribution in [1.82, 2.24) is 0 Å². The molecule has 2 heterocycles. The number of aryl methyl sites for hydroxylation is 2. The molecule has 0 amide bonds. The van der Waals surface area contributed by atoms with Crippen LogP contribution >= 0.6 is 0 Å². The Morgan fingerprint density at radius 3 is 3.06 bits per heavy atom. The summed E-state index contributed by atoms with van der Waals surface area (Å²) in [6.45, 7) is 3.06. The molecule has 0 unspecified atom stereocenters. The lowest BCUT2D eigenvalue weighted by Gasteiger charge is -2.41. The molecule has 0 aromatic heterocycles. The van der Waals surface area contributed by atoms with Gasteiger partial charge in [-0.1, -0.05) is 17.7 Å². The van der Waals surface area contributed by atoms with Crippen molar-refractivity contribution in [2.45, 2.75) is 38.6 Å². The maximum Gasteiger partial charge on any atom is 0.136 e. The summed E-state index contributed by atoms with van der Waals surface area (Å²) in [7, 11) is 0. The number of ketones is 1. The third-order valence-electron chi connectivity index (χ3n) is 3.83. The van der Waals surface area contributed by atoms with Crippen LogP contribution in [0.5, 0.6) is 0 Å². The number of benzene rings is 1. The standard InChI is InChI=1S/C14H17NO/c1-10-2-5-14-11(8-10)3-4-12-9-13(16)6-7-15(12)14/h2,5,8,12H,3-4,6-7,9H2,1H3/t12-/m0/s1. The van der Waals surface area contributed by atoms with Gasteiger partial charge in [-0.3, -0.25) is 4.79 Å². The lowest BCUT2D eigenvalue weighted by atomic mass is 9.88. The zero-order chi connectivity index (χ0) is 11.1. The molecule has 0 aliphatic carbocycles. The molecule has 16 heavy (non-hydrogen) atoms. The van der Waals surface area contributed by atoms with E-state index in [0.717, 1.165) is 32.2 Å². The summed E-state index contributed by atoms with van der Waals surface area (Å²) in [5, 5.41) is 0. The van der Waals surface area contributed by atoms with Gasteiger partial charge >= 0.3 is 0 Å². The van der Waals surface area contributed by atoms with Crippen molar-refractivity contribution >= 4 is 11.5 Å². The Balaban J connectivity index is 1.97. The molecule has 2 aliphatic rings. The Kier molecular flexibility index (Phi) is 2.23. The second-order valence-electron chi connectivity index (χ2n) is 5.01. The van der Waals surface area contributed by atoms with Crippen molar-refractivity contribution in [1.29, 1.82) is 0 Å². The highest BCUT2D eigenvalue weighted by Crippen LogP contribution is 2.34. The van der Waals surface area contributed by atoms with Crippen LogP contribution in [0, 0.1) is 6.92 Å². The van der Waals surface area contributed by atoms with E-state index in [1.165, 1.54) is 16.8 Å². The van der Waals surface area contributed by atoms with E-state index >= 15 is 0 Å². The third kappa shape index (κ3) is 1.53. The van der Waals surface area contributed by atoms with Crippen LogP contribution in [0.4, 0.5) is 5.69 Å². The molecule has 0 spiro atoms. The van der Waals surface area contributed by atoms with Crippen molar-refractivity contribution < 1.29 is 4.79 Å². The van der Waals surface area contributed by atoms with Crippen LogP contribution in [-0.2, 0) is 11.2 Å². The van der Waals surface area contributed by atoms with E-state index in [9.17, 15) is 4.79 Å². The van der Waals surface area contributed by atoms with Gasteiger partial charge in [0.15, 0.2) is 0 Å². The lowest BCUT2D eigenvalue weighted by molar-refractivity contribution is -0.120. The molecular formula is C14H17NO. The first kappa shape index (κ1) is 9.88. The number of hydrogen-bond acceptors (Lipinski definition) is 2. The summed E-state index contributed by atoms with van der Waals surface area (Å²) in [6.07, 6.45) is 3.75. The van der Waals surface area contributed by atoms with Crippen LogP contribution in [0.1, 0.15) is 30.4 Å². The number of rotatable bonds is 0. The number of carbonyl (C=O) groups is 1. The highest BCUT2D eigenvalue weighted by Gasteiger charge is 2.31. The minimum Gasteiger partial charge on any atom is -0.367 e. The highest BCUT2D eigenvalue weighted by molar-refractivity contribution is 5.82. The molecule has 1 saturated heterocycles. The van der Waals surface area contributed by atoms with Crippen LogP contribution < -0.4 is 4.90 Å². The van der Waals surface area contributed by atoms with Crippen molar-refractivity contribution in [2.24, 2.45) is 0 Å². The first-order valence-corrected chi connectivity index (χ1v) is 6.12. The molecule has 0 N–H and O–H groups in total. The Bertz CT molecular complexity index is 438. The minimum atomic E-state index is 0.441. The second kappa shape index (κ2) is 3.62. The first-order chi connectivity index (χ1) is 7.74. The van der Waals surface area contributed by atoms with Crippen LogP contribution in [0.25, 0.3) is 0 Å². The van der Waals surface area contributed by atoms with Crippen LogP contribution in [0.15, 0.2) is 18.2 Å². The lowest BCUT2D eigenvalue weighted by Crippen LogP contribution is -2.45. The number of nitrogens with zero attached hydrogens (tertiary/aromatic N) is 1. The van der Waals surface area contributed by atoms with E-state index in [-0.39, 0.29) is 0 Å². The van der Waals surface area contributed by atoms with E-state index in [4.69, 9.17) is 0 Å². The monoisotopic (exact) mass is 215 g/mol. The predicted molar refractivity (Wildman–Crippen MR) is 64.9 cm³/mol. The average molecular weight is 215 g/mol. The fourth-order valence-corrected chi connectivity index (χ4v) is 2.99. The van der Waals surface area contributed by atoms with Gasteiger partial charge in [0.05, 0.1) is 0 Å². The van der Waals surface area contributed by atoms with Crippen molar-refractivity contribution in [2.75, 3.05) is 11.4 Å². The van der Waals surface area contributed by atoms with Gasteiger partial charge in [-0.2, -0.15) is 0 Å². The van der Waals surface area contributed by atoms with Gasteiger partial charge in [0.2, 0.25) is 0 Å². The summed E-state index contributed by atoms with van der Waals surface area (Å²) in [5.41, 5.74) is 4.17. The Morgan fingerprint density at radius 2 is 2.19 bits per heavy atom. The molecular weight excluding hydrogens is 198 g/mol. The second-order valence-corrected chi connectivity index (χ2v) is 5.01. The summed E-state index contributed by atoms with van der Waals surface area (Å²) >= 11 is 0. The van der Waals surface area contributed by atoms with Crippen LogP contribution in [0.3, 0.4) is 0 Å². The topological polar surface area (TPSA) is 20.3 Å². The molecule has 1 fully saturated rings. The Labute approximate surface area is 96.3 Å². The number of carbonyl (C=O) groups excluding carboxylic acids is 1. The molecule has 3 rings (SSSR count). The maximum atomic E-state index is 11.5. The molecule has 1 aromatic rings. The van der Waals surface area contributed by atoms with E-state index in [0.29, 0.717) is 11.8 Å². The number of hydrogen-bond donors (Lipinski definition) is 0. The Hall–Kier alpha value is -1.31. The minimum absolute atomic E-state index is 0.441. The van der Waals surface area contributed by atoms with Crippen molar-refractivity contribution in [3.63, 3.8) is 0 Å². The summed E-state index contributed by atoms with van der Waals surface area (Å²) < 4.78 is 0. The fourth-order valence-electron chi connectivity index (χ4n) is 2.99. The number of fused-ring (bicyclic) bond motifs is 3. The molecule has 84 valence electrons. The third-order valence-corrected chi connectivity index (χ3v) is 3.83. The molecule has 1 aromatic carbocycles. The molecule has 2 heteroatoms. The average Bonchev–Trinajstić information content (AvgIpc) is 2.28. The SMILES string of the molecule is Cc1ccc2c(c1)CC[C@H]1CC(=O)CCN21. The van der Waals surface area contributed by atoms with Crippen molar-refractivity contribution in [3.05, 3.63) is 29.3 Å². The van der Waals surface area contributed by atoms with Gasteiger partial charge in [0.25, 0.3) is 0 Å². The first-order valence-electron chi connectivity index (χ1n) is 6.12. The van der Waals surface area contributed by atoms with Crippen LogP contribution in [0.2, 0.25) is 0 Å².